The fourth-order valence-corrected chi connectivity index (χ4v) is 3.08. The summed E-state index contributed by atoms with van der Waals surface area (Å²) in [5.41, 5.74) is 1.18. The Labute approximate surface area is 151 Å². The van der Waals surface area contributed by atoms with Crippen molar-refractivity contribution < 1.29 is 28.6 Å². The van der Waals surface area contributed by atoms with Gasteiger partial charge in [0, 0.05) is 18.7 Å². The maximum absolute atomic E-state index is 12.2. The largest absolute Gasteiger partial charge is 0.488 e. The average Bonchev–Trinajstić information content (AvgIpc) is 2.70. The smallest absolute Gasteiger partial charge is 0.338 e. The summed E-state index contributed by atoms with van der Waals surface area (Å²) in [6.45, 7) is 0.708. The molecule has 138 valence electrons. The Morgan fingerprint density at radius 1 is 1.19 bits per heavy atom. The predicted molar refractivity (Wildman–Crippen MR) is 92.2 cm³/mol. The number of carbonyl (C=O) groups is 3. The maximum Gasteiger partial charge on any atom is 0.338 e. The van der Waals surface area contributed by atoms with Crippen LogP contribution in [0.15, 0.2) is 29.8 Å². The van der Waals surface area contributed by atoms with Crippen LogP contribution < -0.4 is 4.74 Å². The van der Waals surface area contributed by atoms with Crippen LogP contribution in [-0.2, 0) is 23.9 Å². The number of methoxy groups -OCH3 is 1. The van der Waals surface area contributed by atoms with Crippen molar-refractivity contribution in [2.75, 3.05) is 33.4 Å². The van der Waals surface area contributed by atoms with Gasteiger partial charge < -0.3 is 19.1 Å². The molecule has 0 atom stereocenters. The highest BCUT2D eigenvalue weighted by molar-refractivity contribution is 5.96. The van der Waals surface area contributed by atoms with E-state index < -0.39 is 5.97 Å². The minimum Gasteiger partial charge on any atom is -0.488 e. The molecule has 1 amide bonds. The van der Waals surface area contributed by atoms with Crippen LogP contribution in [0.25, 0.3) is 6.08 Å². The van der Waals surface area contributed by atoms with Crippen molar-refractivity contribution in [1.82, 2.24) is 4.90 Å². The van der Waals surface area contributed by atoms with Gasteiger partial charge in [0.2, 0.25) is 0 Å². The second-order valence-corrected chi connectivity index (χ2v) is 6.25. The Balaban J connectivity index is 1.49. The van der Waals surface area contributed by atoms with Crippen LogP contribution in [0.5, 0.6) is 5.75 Å². The van der Waals surface area contributed by atoms with E-state index in [-0.39, 0.29) is 31.0 Å². The molecule has 0 aliphatic carbocycles. The average molecular weight is 359 g/mol. The number of para-hydroxylation sites is 1. The van der Waals surface area contributed by atoms with E-state index in [1.807, 2.05) is 24.3 Å². The molecule has 1 saturated heterocycles. The van der Waals surface area contributed by atoms with Gasteiger partial charge in [0.05, 0.1) is 18.6 Å². The number of hydrogen-bond acceptors (Lipinski definition) is 6. The normalized spacial score (nSPS) is 16.8. The summed E-state index contributed by atoms with van der Waals surface area (Å²) in [5.74, 6) is -0.519. The summed E-state index contributed by atoms with van der Waals surface area (Å²) in [7, 11) is 1.36. The molecule has 0 aromatic heterocycles. The van der Waals surface area contributed by atoms with Gasteiger partial charge in [-0.05, 0) is 25.0 Å². The van der Waals surface area contributed by atoms with Crippen LogP contribution in [0.1, 0.15) is 18.4 Å². The summed E-state index contributed by atoms with van der Waals surface area (Å²) < 4.78 is 15.4. The van der Waals surface area contributed by atoms with E-state index in [0.717, 1.165) is 5.56 Å². The quantitative estimate of drug-likeness (QED) is 0.756. The van der Waals surface area contributed by atoms with Crippen LogP contribution in [0, 0.1) is 5.92 Å². The standard InChI is InChI=1S/C19H21NO6/c1-24-18(22)13-6-8-20(9-7-13)17(21)12-26-19(23)15-10-14-4-2-3-5-16(14)25-11-15/h2-5,10,13H,6-9,11-12H2,1H3. The van der Waals surface area contributed by atoms with Crippen molar-refractivity contribution in [3.63, 3.8) is 0 Å². The fraction of sp³-hybridized carbons (Fsp3) is 0.421. The molecule has 0 saturated carbocycles. The summed E-state index contributed by atoms with van der Waals surface area (Å²) in [4.78, 5) is 37.5. The SMILES string of the molecule is COC(=O)C1CCN(C(=O)COC(=O)C2=Cc3ccccc3OC2)CC1. The Hall–Kier alpha value is -2.83. The molecule has 26 heavy (non-hydrogen) atoms. The van der Waals surface area contributed by atoms with Gasteiger partial charge in [0.1, 0.15) is 12.4 Å². The number of fused-ring (bicyclic) bond motifs is 1. The van der Waals surface area contributed by atoms with E-state index in [0.29, 0.717) is 37.3 Å². The molecule has 7 nitrogen and oxygen atoms in total. The first-order valence-electron chi connectivity index (χ1n) is 8.53. The number of benzene rings is 1. The highest BCUT2D eigenvalue weighted by atomic mass is 16.5. The highest BCUT2D eigenvalue weighted by Gasteiger charge is 2.28. The number of rotatable bonds is 4. The van der Waals surface area contributed by atoms with E-state index in [1.54, 1.807) is 11.0 Å². The van der Waals surface area contributed by atoms with Crippen molar-refractivity contribution in [2.45, 2.75) is 12.8 Å². The molecular weight excluding hydrogens is 338 g/mol. The molecule has 2 aliphatic rings. The van der Waals surface area contributed by atoms with E-state index in [9.17, 15) is 14.4 Å². The molecule has 3 rings (SSSR count). The lowest BCUT2D eigenvalue weighted by Crippen LogP contribution is -2.42. The fourth-order valence-electron chi connectivity index (χ4n) is 3.08. The van der Waals surface area contributed by atoms with Gasteiger partial charge in [-0.25, -0.2) is 4.79 Å². The predicted octanol–water partition coefficient (Wildman–Crippen LogP) is 1.42. The Morgan fingerprint density at radius 2 is 1.92 bits per heavy atom. The number of amides is 1. The van der Waals surface area contributed by atoms with Gasteiger partial charge in [-0.3, -0.25) is 9.59 Å². The third-order valence-electron chi connectivity index (χ3n) is 4.60. The van der Waals surface area contributed by atoms with Gasteiger partial charge in [0.25, 0.3) is 5.91 Å². The Bertz CT molecular complexity index is 733. The Morgan fingerprint density at radius 3 is 2.65 bits per heavy atom. The highest BCUT2D eigenvalue weighted by Crippen LogP contribution is 2.26. The molecule has 0 radical (unpaired) electrons. The van der Waals surface area contributed by atoms with E-state index in [2.05, 4.69) is 0 Å². The van der Waals surface area contributed by atoms with Crippen LogP contribution in [0.4, 0.5) is 0 Å². The molecule has 2 aliphatic heterocycles. The summed E-state index contributed by atoms with van der Waals surface area (Å²) in [6.07, 6.45) is 2.83. The first-order chi connectivity index (χ1) is 12.6. The van der Waals surface area contributed by atoms with Crippen molar-refractivity contribution in [3.8, 4) is 5.75 Å². The van der Waals surface area contributed by atoms with E-state index in [4.69, 9.17) is 14.2 Å². The first-order valence-corrected chi connectivity index (χ1v) is 8.53. The first kappa shape index (κ1) is 18.0. The van der Waals surface area contributed by atoms with Gasteiger partial charge in [-0.2, -0.15) is 0 Å². The van der Waals surface area contributed by atoms with Crippen molar-refractivity contribution in [2.24, 2.45) is 5.92 Å². The lowest BCUT2D eigenvalue weighted by molar-refractivity contribution is -0.152. The second-order valence-electron chi connectivity index (χ2n) is 6.25. The lowest BCUT2D eigenvalue weighted by atomic mass is 9.97. The zero-order chi connectivity index (χ0) is 18.5. The number of carbonyl (C=O) groups excluding carboxylic acids is 3. The molecular formula is C19H21NO6. The van der Waals surface area contributed by atoms with Gasteiger partial charge in [-0.1, -0.05) is 18.2 Å². The molecule has 0 spiro atoms. The minimum absolute atomic E-state index is 0.120. The van der Waals surface area contributed by atoms with E-state index in [1.165, 1.54) is 7.11 Å². The van der Waals surface area contributed by atoms with Gasteiger partial charge in [-0.15, -0.1) is 0 Å². The maximum atomic E-state index is 12.2. The van der Waals surface area contributed by atoms with Gasteiger partial charge >= 0.3 is 11.9 Å². The molecule has 1 aromatic rings. The zero-order valence-corrected chi connectivity index (χ0v) is 14.6. The number of likely N-dealkylation sites (tertiary alicyclic amines) is 1. The monoisotopic (exact) mass is 359 g/mol. The number of hydrogen-bond donors (Lipinski definition) is 0. The number of esters is 2. The lowest BCUT2D eigenvalue weighted by Gasteiger charge is -2.30. The Kier molecular flexibility index (Phi) is 5.55. The van der Waals surface area contributed by atoms with E-state index >= 15 is 0 Å². The van der Waals surface area contributed by atoms with Crippen LogP contribution in [0.3, 0.4) is 0 Å². The molecule has 1 fully saturated rings. The third-order valence-corrected chi connectivity index (χ3v) is 4.60. The number of ether oxygens (including phenoxy) is 3. The molecule has 0 unspecified atom stereocenters. The summed E-state index contributed by atoms with van der Waals surface area (Å²) in [5, 5.41) is 0. The summed E-state index contributed by atoms with van der Waals surface area (Å²) in [6, 6.07) is 7.39. The van der Waals surface area contributed by atoms with Crippen LogP contribution in [-0.4, -0.2) is 56.2 Å². The van der Waals surface area contributed by atoms with Gasteiger partial charge in [0.15, 0.2) is 6.61 Å². The molecule has 0 bridgehead atoms. The van der Waals surface area contributed by atoms with Crippen molar-refractivity contribution >= 4 is 23.9 Å². The molecule has 1 aromatic carbocycles. The van der Waals surface area contributed by atoms with Crippen LogP contribution >= 0.6 is 0 Å². The van der Waals surface area contributed by atoms with Crippen LogP contribution in [0.2, 0.25) is 0 Å². The second kappa shape index (κ2) is 8.03. The molecule has 2 heterocycles. The number of piperidine rings is 1. The zero-order valence-electron chi connectivity index (χ0n) is 14.6. The van der Waals surface area contributed by atoms with Crippen molar-refractivity contribution in [1.29, 1.82) is 0 Å². The minimum atomic E-state index is -0.558. The summed E-state index contributed by atoms with van der Waals surface area (Å²) >= 11 is 0. The number of nitrogens with zero attached hydrogens (tertiary/aromatic N) is 1. The van der Waals surface area contributed by atoms with Crippen molar-refractivity contribution in [3.05, 3.63) is 35.4 Å². The topological polar surface area (TPSA) is 82.1 Å². The molecule has 7 heteroatoms. The third kappa shape index (κ3) is 4.04. The molecule has 0 N–H and O–H groups in total.